The monoisotopic (exact) mass is 638 g/mol. The predicted octanol–water partition coefficient (Wildman–Crippen LogP) is 6.36. The molecule has 0 bridgehead atoms. The number of carbonyl (C=O) groups is 4. The van der Waals surface area contributed by atoms with Crippen molar-refractivity contribution >= 4 is 24.1 Å². The zero-order chi connectivity index (χ0) is 33.3. The maximum Gasteiger partial charge on any atom is 0.407 e. The molecule has 1 fully saturated rings. The van der Waals surface area contributed by atoms with Crippen molar-refractivity contribution in [1.82, 2.24) is 10.6 Å². The number of hydrogen-bond acceptors (Lipinski definition) is 8. The van der Waals surface area contributed by atoms with Gasteiger partial charge in [-0.05, 0) is 53.6 Å². The van der Waals surface area contributed by atoms with Crippen molar-refractivity contribution in [3.63, 3.8) is 0 Å². The number of amides is 2. The molecule has 0 aliphatic heterocycles. The Morgan fingerprint density at radius 3 is 1.87 bits per heavy atom. The Morgan fingerprint density at radius 2 is 1.24 bits per heavy atom. The fourth-order valence-corrected chi connectivity index (χ4v) is 6.36. The predicted molar refractivity (Wildman–Crippen MR) is 174 cm³/mol. The molecule has 3 rings (SSSR count). The normalized spacial score (nSPS) is 18.5. The zero-order valence-corrected chi connectivity index (χ0v) is 27.5. The van der Waals surface area contributed by atoms with Gasteiger partial charge in [0.2, 0.25) is 0 Å². The third-order valence-electron chi connectivity index (χ3n) is 7.95. The van der Waals surface area contributed by atoms with E-state index < -0.39 is 12.2 Å². The Balaban J connectivity index is 1.26. The second-order valence-corrected chi connectivity index (χ2v) is 13.2. The molecule has 0 saturated heterocycles. The number of aryl methyl sites for hydroxylation is 1. The Morgan fingerprint density at radius 1 is 0.696 bits per heavy atom. The summed E-state index contributed by atoms with van der Waals surface area (Å²) in [6, 6.07) is 19.3. The fourth-order valence-electron chi connectivity index (χ4n) is 6.36. The number of benzene rings is 2. The van der Waals surface area contributed by atoms with Crippen LogP contribution < -0.4 is 10.6 Å². The Bertz CT molecular complexity index is 1240. The number of carbonyl (C=O) groups excluding carboxylic acids is 4. The van der Waals surface area contributed by atoms with Crippen molar-refractivity contribution in [2.75, 3.05) is 33.0 Å². The summed E-state index contributed by atoms with van der Waals surface area (Å²) >= 11 is 0. The Kier molecular flexibility index (Phi) is 14.9. The molecule has 10 nitrogen and oxygen atoms in total. The first-order valence-electron chi connectivity index (χ1n) is 16.2. The Labute approximate surface area is 272 Å². The minimum Gasteiger partial charge on any atom is -0.466 e. The van der Waals surface area contributed by atoms with Gasteiger partial charge in [-0.1, -0.05) is 81.4 Å². The van der Waals surface area contributed by atoms with Gasteiger partial charge in [-0.2, -0.15) is 0 Å². The summed E-state index contributed by atoms with van der Waals surface area (Å²) in [5, 5.41) is 5.56. The quantitative estimate of drug-likeness (QED) is 0.116. The number of rotatable bonds is 17. The maximum absolute atomic E-state index is 12.6. The van der Waals surface area contributed by atoms with Crippen LogP contribution in [0.4, 0.5) is 9.59 Å². The van der Waals surface area contributed by atoms with E-state index in [4.69, 9.17) is 18.9 Å². The first kappa shape index (κ1) is 36.4. The second kappa shape index (κ2) is 18.8. The minimum atomic E-state index is -0.519. The van der Waals surface area contributed by atoms with Gasteiger partial charge in [-0.15, -0.1) is 0 Å². The van der Waals surface area contributed by atoms with Crippen LogP contribution in [0.2, 0.25) is 0 Å². The summed E-state index contributed by atoms with van der Waals surface area (Å²) in [7, 11) is 0. The molecule has 1 aliphatic carbocycles. The van der Waals surface area contributed by atoms with Gasteiger partial charge in [0.25, 0.3) is 0 Å². The summed E-state index contributed by atoms with van der Waals surface area (Å²) in [5.41, 5.74) is 1.85. The van der Waals surface area contributed by atoms with Gasteiger partial charge in [-0.3, -0.25) is 9.59 Å². The van der Waals surface area contributed by atoms with E-state index in [0.29, 0.717) is 45.2 Å². The summed E-state index contributed by atoms with van der Waals surface area (Å²) in [6.45, 7) is 7.98. The average Bonchev–Trinajstić information content (AvgIpc) is 3.01. The molecule has 0 radical (unpaired) electrons. The van der Waals surface area contributed by atoms with Gasteiger partial charge in [0, 0.05) is 38.8 Å². The molecule has 2 aromatic rings. The van der Waals surface area contributed by atoms with Gasteiger partial charge in [0.05, 0.1) is 26.4 Å². The molecular weight excluding hydrogens is 588 g/mol. The van der Waals surface area contributed by atoms with Crippen molar-refractivity contribution in [1.29, 1.82) is 0 Å². The van der Waals surface area contributed by atoms with E-state index in [9.17, 15) is 19.2 Å². The molecule has 2 atom stereocenters. The van der Waals surface area contributed by atoms with E-state index in [2.05, 4.69) is 31.4 Å². The SMILES string of the molecule is CC1(C)CC(CC(=O)OCCCOC(=O)CCc2ccccc2)CC(C)(CNC(=O)OCCCOC(=O)NCc2ccccc2)C1. The lowest BCUT2D eigenvalue weighted by molar-refractivity contribution is -0.147. The average molecular weight is 639 g/mol. The number of alkyl carbamates (subject to hydrolysis) is 2. The van der Waals surface area contributed by atoms with Crippen LogP contribution in [0.5, 0.6) is 0 Å². The zero-order valence-electron chi connectivity index (χ0n) is 27.5. The van der Waals surface area contributed by atoms with Crippen LogP contribution in [0.3, 0.4) is 0 Å². The third-order valence-corrected chi connectivity index (χ3v) is 7.95. The molecule has 1 aliphatic rings. The third kappa shape index (κ3) is 14.8. The van der Waals surface area contributed by atoms with E-state index in [1.807, 2.05) is 60.7 Å². The van der Waals surface area contributed by atoms with E-state index in [1.165, 1.54) is 0 Å². The van der Waals surface area contributed by atoms with Gasteiger partial charge in [0.1, 0.15) is 0 Å². The van der Waals surface area contributed by atoms with Gasteiger partial charge >= 0.3 is 24.1 Å². The van der Waals surface area contributed by atoms with Crippen LogP contribution in [-0.2, 0) is 41.5 Å². The first-order chi connectivity index (χ1) is 22.0. The van der Waals surface area contributed by atoms with E-state index in [0.717, 1.165) is 30.4 Å². The largest absolute Gasteiger partial charge is 0.466 e. The highest BCUT2D eigenvalue weighted by molar-refractivity contribution is 5.70. The molecule has 1 saturated carbocycles. The highest BCUT2D eigenvalue weighted by atomic mass is 16.6. The molecular formula is C36H50N2O8. The molecule has 252 valence electrons. The molecule has 2 N–H and O–H groups in total. The van der Waals surface area contributed by atoms with Crippen molar-refractivity contribution in [3.8, 4) is 0 Å². The summed E-state index contributed by atoms with van der Waals surface area (Å²) in [5.74, 6) is -0.395. The van der Waals surface area contributed by atoms with Crippen LogP contribution in [0.25, 0.3) is 0 Å². The number of ether oxygens (including phenoxy) is 4. The number of nitrogens with one attached hydrogen (secondary N) is 2. The maximum atomic E-state index is 12.6. The molecule has 2 aromatic carbocycles. The molecule has 0 heterocycles. The molecule has 0 aromatic heterocycles. The van der Waals surface area contributed by atoms with Gasteiger partial charge in [0.15, 0.2) is 0 Å². The lowest BCUT2D eigenvalue weighted by atomic mass is 9.60. The van der Waals surface area contributed by atoms with E-state index in [1.54, 1.807) is 0 Å². The number of esters is 2. The van der Waals surface area contributed by atoms with E-state index in [-0.39, 0.29) is 55.1 Å². The van der Waals surface area contributed by atoms with Crippen LogP contribution in [0, 0.1) is 16.7 Å². The summed E-state index contributed by atoms with van der Waals surface area (Å²) in [4.78, 5) is 48.8. The van der Waals surface area contributed by atoms with Crippen molar-refractivity contribution in [2.24, 2.45) is 16.7 Å². The van der Waals surface area contributed by atoms with Crippen molar-refractivity contribution in [2.45, 2.75) is 78.7 Å². The molecule has 46 heavy (non-hydrogen) atoms. The second-order valence-electron chi connectivity index (χ2n) is 13.2. The van der Waals surface area contributed by atoms with E-state index >= 15 is 0 Å². The van der Waals surface area contributed by atoms with Crippen molar-refractivity contribution < 1.29 is 38.1 Å². The number of hydrogen-bond donors (Lipinski definition) is 2. The fraction of sp³-hybridized carbons (Fsp3) is 0.556. The topological polar surface area (TPSA) is 129 Å². The van der Waals surface area contributed by atoms with Crippen LogP contribution in [0.1, 0.15) is 76.8 Å². The highest BCUT2D eigenvalue weighted by Crippen LogP contribution is 2.49. The van der Waals surface area contributed by atoms with Crippen LogP contribution in [0.15, 0.2) is 60.7 Å². The molecule has 10 heteroatoms. The highest BCUT2D eigenvalue weighted by Gasteiger charge is 2.42. The summed E-state index contributed by atoms with van der Waals surface area (Å²) in [6.07, 6.45) is 3.62. The minimum absolute atomic E-state index is 0.00406. The van der Waals surface area contributed by atoms with Gasteiger partial charge < -0.3 is 29.6 Å². The summed E-state index contributed by atoms with van der Waals surface area (Å²) < 4.78 is 21.1. The molecule has 2 unspecified atom stereocenters. The lowest BCUT2D eigenvalue weighted by Crippen LogP contribution is -2.44. The first-order valence-corrected chi connectivity index (χ1v) is 16.2. The Hall–Kier alpha value is -4.08. The smallest absolute Gasteiger partial charge is 0.407 e. The van der Waals surface area contributed by atoms with Gasteiger partial charge in [-0.25, -0.2) is 9.59 Å². The van der Waals surface area contributed by atoms with Crippen LogP contribution >= 0.6 is 0 Å². The standard InChI is InChI=1S/C36H50N2O8/c1-35(2)23-30(22-32(40)44-19-10-18-43-31(39)17-16-28-12-6-4-7-13-28)24-36(3,26-35)27-38-34(42)46-21-11-20-45-33(41)37-25-29-14-8-5-9-15-29/h4-9,12-15,30H,10-11,16-27H2,1-3H3,(H,37,41)(H,38,42). The molecule has 2 amide bonds. The van der Waals surface area contributed by atoms with Crippen molar-refractivity contribution in [3.05, 3.63) is 71.8 Å². The lowest BCUT2D eigenvalue weighted by Gasteiger charge is -2.46. The molecule has 0 spiro atoms. The van der Waals surface area contributed by atoms with Crippen LogP contribution in [-0.4, -0.2) is 57.1 Å².